The maximum atomic E-state index is 13.6. The molecule has 2 aliphatic rings. The molecule has 0 spiro atoms. The summed E-state index contributed by atoms with van der Waals surface area (Å²) < 4.78 is 1.73. The Kier molecular flexibility index (Phi) is 22.9. The number of amides is 2. The van der Waals surface area contributed by atoms with E-state index in [-0.39, 0.29) is 40.4 Å². The average Bonchev–Trinajstić information content (AvgIpc) is 3.85. The Hall–Kier alpha value is -11.6. The van der Waals surface area contributed by atoms with E-state index in [2.05, 4.69) is 215 Å². The first-order chi connectivity index (χ1) is 36.0. The third-order valence-electron chi connectivity index (χ3n) is 10.1. The fourth-order valence-corrected chi connectivity index (χ4v) is 7.04. The monoisotopic (exact) mass is 960 g/mol. The molecule has 4 N–H and O–H groups in total. The van der Waals surface area contributed by atoms with Crippen LogP contribution in [0.15, 0.2) is 238 Å². The maximum Gasteiger partial charge on any atom is 0.253 e. The van der Waals surface area contributed by atoms with E-state index < -0.39 is 35.3 Å². The summed E-state index contributed by atoms with van der Waals surface area (Å²) in [5.74, 6) is -3.71. The van der Waals surface area contributed by atoms with Crippen LogP contribution in [0.1, 0.15) is 78.1 Å². The third-order valence-corrected chi connectivity index (χ3v) is 10.1. The Morgan fingerprint density at radius 3 is 0.919 bits per heavy atom. The average molecular weight is 961 g/mol. The first-order valence-corrected chi connectivity index (χ1v) is 22.4. The van der Waals surface area contributed by atoms with Crippen molar-refractivity contribution < 1.29 is 30.0 Å². The van der Waals surface area contributed by atoms with E-state index >= 15 is 0 Å². The highest BCUT2D eigenvalue weighted by Gasteiger charge is 2.36. The molecule has 352 valence electrons. The molecule has 2 fully saturated rings. The van der Waals surface area contributed by atoms with Crippen LogP contribution in [-0.4, -0.2) is 53.5 Å². The molecule has 10 heteroatoms. The van der Waals surface area contributed by atoms with Crippen molar-refractivity contribution in [3.8, 4) is 23.5 Å². The van der Waals surface area contributed by atoms with E-state index in [0.29, 0.717) is 25.7 Å². The summed E-state index contributed by atoms with van der Waals surface area (Å²) in [5, 5.41) is 46.7. The molecule has 0 bridgehead atoms. The van der Waals surface area contributed by atoms with Crippen molar-refractivity contribution in [1.29, 1.82) is 0 Å². The predicted octanol–water partition coefficient (Wildman–Crippen LogP) is 10.7. The van der Waals surface area contributed by atoms with E-state index in [1.165, 1.54) is 21.9 Å². The Balaban J connectivity index is 1.83. The zero-order valence-corrected chi connectivity index (χ0v) is 40.4. The van der Waals surface area contributed by atoms with E-state index in [4.69, 9.17) is 0 Å². The minimum Gasteiger partial charge on any atom is -0.494 e. The number of nitrogens with zero attached hydrogens (tertiary/aromatic N) is 4. The molecule has 10 nitrogen and oxygen atoms in total. The molecule has 2 aromatic heterocycles. The highest BCUT2D eigenvalue weighted by atomic mass is 16.3. The second-order valence-corrected chi connectivity index (χ2v) is 15.2. The van der Waals surface area contributed by atoms with Gasteiger partial charge in [-0.25, -0.2) is 9.13 Å². The predicted molar refractivity (Wildman–Crippen MR) is 273 cm³/mol. The number of anilines is 2. The first kappa shape index (κ1) is 55.0. The Bertz CT molecular complexity index is 4020. The van der Waals surface area contributed by atoms with Gasteiger partial charge in [0.05, 0.1) is 0 Å². The lowest BCUT2D eigenvalue weighted by Gasteiger charge is -2.34. The molecule has 2 aliphatic carbocycles. The lowest BCUT2D eigenvalue weighted by molar-refractivity contribution is -0.116. The largest absolute Gasteiger partial charge is 0.494 e. The maximum absolute atomic E-state index is 13.6. The minimum absolute atomic E-state index is 0.0351. The summed E-state index contributed by atoms with van der Waals surface area (Å²) in [6, 6.07) is 1.78. The highest BCUT2D eigenvalue weighted by molar-refractivity contribution is 6.07. The van der Waals surface area contributed by atoms with Crippen molar-refractivity contribution in [2.75, 3.05) is 9.80 Å². The molecule has 74 heavy (non-hydrogen) atoms. The molecule has 0 aromatic carbocycles. The third kappa shape index (κ3) is 17.2. The SMILES string of the molecule is C=C=C=C=C=C=C=C=C=C=C=C=C=C=C=C=C=C=C=C=C=C=C=C=C=C=C=C=C=C=C=C=C=C=C=C(n1c(O)cc(N(C(=O)C(=C)C)C2CCCCC2)c1O)n1c(O)cc(N(C(=O)C(=C)C)C2CCCCC2)c1O. The summed E-state index contributed by atoms with van der Waals surface area (Å²) >= 11 is 0. The van der Waals surface area contributed by atoms with Gasteiger partial charge in [0.2, 0.25) is 23.5 Å². The van der Waals surface area contributed by atoms with E-state index in [1.807, 2.05) is 0 Å². The van der Waals surface area contributed by atoms with Crippen LogP contribution in [0, 0.1) is 5.82 Å². The fraction of sp³-hybridized carbons (Fsp3) is 0.219. The van der Waals surface area contributed by atoms with Crippen molar-refractivity contribution in [2.24, 2.45) is 0 Å². The van der Waals surface area contributed by atoms with Crippen LogP contribution in [0.4, 0.5) is 11.4 Å². The van der Waals surface area contributed by atoms with Crippen LogP contribution in [0.25, 0.3) is 0 Å². The van der Waals surface area contributed by atoms with Crippen LogP contribution < -0.4 is 9.80 Å². The van der Waals surface area contributed by atoms with Gasteiger partial charge in [-0.1, -0.05) is 57.4 Å². The van der Waals surface area contributed by atoms with Crippen LogP contribution in [0.2, 0.25) is 0 Å². The van der Waals surface area contributed by atoms with Gasteiger partial charge in [0, 0.05) is 127 Å². The molecule has 0 saturated heterocycles. The Morgan fingerprint density at radius 2 is 0.676 bits per heavy atom. The molecule has 0 unspecified atom stereocenters. The summed E-state index contributed by atoms with van der Waals surface area (Å²) in [6.45, 7) is 14.1. The van der Waals surface area contributed by atoms with Gasteiger partial charge in [0.15, 0.2) is 5.82 Å². The molecule has 0 atom stereocenters. The van der Waals surface area contributed by atoms with Gasteiger partial charge < -0.3 is 30.2 Å². The van der Waals surface area contributed by atoms with Crippen molar-refractivity contribution >= 4 is 23.2 Å². The molecule has 0 aliphatic heterocycles. The second-order valence-electron chi connectivity index (χ2n) is 15.2. The molecule has 2 saturated carbocycles. The molecule has 2 heterocycles. The van der Waals surface area contributed by atoms with Gasteiger partial charge in [-0.05, 0) is 144 Å². The topological polar surface area (TPSA) is 131 Å². The zero-order valence-electron chi connectivity index (χ0n) is 40.4. The van der Waals surface area contributed by atoms with Gasteiger partial charge in [0.1, 0.15) is 11.4 Å². The van der Waals surface area contributed by atoms with E-state index in [1.54, 1.807) is 13.8 Å². The van der Waals surface area contributed by atoms with E-state index in [9.17, 15) is 30.0 Å². The highest BCUT2D eigenvalue weighted by Crippen LogP contribution is 2.45. The van der Waals surface area contributed by atoms with Crippen molar-refractivity contribution in [3.05, 3.63) is 244 Å². The standard InChI is InChI=1S/C64H40N4O6/c1-6-7-8-9-10-11-12-13-14-15-16-17-18-19-20-21-22-23-24-25-26-27-28-29-30-31-32-33-34-35-36-37-44-49-58(67-59(69)50-56(63(67)73)65(61(71)52(2)3)54-45-40-38-41-46-54)68-60(70)51-57(64(68)74)66(62(72)53(4)5)55-47-42-39-43-48-55/h50-51,54-55,69-70,73-74H,1-2,4,38-43,45-48H2,3,5H3. The van der Waals surface area contributed by atoms with Crippen LogP contribution in [-0.2, 0) is 9.59 Å². The number of rotatable bonds is 8. The van der Waals surface area contributed by atoms with Gasteiger partial charge in [-0.2, -0.15) is 0 Å². The molecule has 0 radical (unpaired) electrons. The second kappa shape index (κ2) is 30.7. The summed E-state index contributed by atoms with van der Waals surface area (Å²) in [7, 11) is 0. The summed E-state index contributed by atoms with van der Waals surface area (Å²) in [6.07, 6.45) is 8.00. The van der Waals surface area contributed by atoms with Gasteiger partial charge in [0.25, 0.3) is 11.8 Å². The lowest BCUT2D eigenvalue weighted by Crippen LogP contribution is -2.42. The molecular formula is C64H40N4O6. The zero-order chi connectivity index (χ0) is 53.3. The normalized spacial score (nSPS) is 10.7. The number of carbonyl (C=O) groups excluding carboxylic acids is 2. The first-order valence-electron chi connectivity index (χ1n) is 22.4. The van der Waals surface area contributed by atoms with Gasteiger partial charge in [-0.15, -0.1) is 0 Å². The summed E-state index contributed by atoms with van der Waals surface area (Å²) in [5.41, 5.74) is 85.4. The number of aromatic nitrogens is 2. The van der Waals surface area contributed by atoms with Crippen LogP contribution in [0.3, 0.4) is 0 Å². The van der Waals surface area contributed by atoms with E-state index in [0.717, 1.165) is 47.7 Å². The number of carbonyl (C=O) groups is 2. The molecule has 4 rings (SSSR count). The Labute approximate surface area is 427 Å². The quantitative estimate of drug-likeness (QED) is 0.154. The number of hydrogen-bond acceptors (Lipinski definition) is 6. The smallest absolute Gasteiger partial charge is 0.253 e. The fourth-order valence-electron chi connectivity index (χ4n) is 7.04. The minimum atomic E-state index is -0.619. The molecular weight excluding hydrogens is 921 g/mol. The van der Waals surface area contributed by atoms with Gasteiger partial charge in [-0.3, -0.25) is 9.59 Å². The van der Waals surface area contributed by atoms with Gasteiger partial charge >= 0.3 is 0 Å². The van der Waals surface area contributed by atoms with Crippen LogP contribution >= 0.6 is 0 Å². The lowest BCUT2D eigenvalue weighted by atomic mass is 9.93. The molecule has 2 amide bonds. The van der Waals surface area contributed by atoms with Crippen molar-refractivity contribution in [3.63, 3.8) is 0 Å². The Morgan fingerprint density at radius 1 is 0.432 bits per heavy atom. The number of aromatic hydroxyl groups is 4. The van der Waals surface area contributed by atoms with Crippen molar-refractivity contribution in [2.45, 2.75) is 90.1 Å². The summed E-state index contributed by atoms with van der Waals surface area (Å²) in [4.78, 5) is 30.0. The molecule has 2 aromatic rings. The van der Waals surface area contributed by atoms with Crippen LogP contribution in [0.5, 0.6) is 23.5 Å². The number of hydrogen-bond donors (Lipinski definition) is 4. The van der Waals surface area contributed by atoms with Crippen molar-refractivity contribution in [1.82, 2.24) is 9.13 Å².